The number of hydrogen-bond acceptors (Lipinski definition) is 2. The van der Waals surface area contributed by atoms with Crippen LogP contribution in [0, 0.1) is 0 Å². The standard InChI is InChI=1S/C9H10N2.2ClH/c1-2-8(5-10-3-1)4-9-6-11-7-9;;/h1-5,11H,6-7H2;2*1H. The number of rotatable bonds is 1. The first kappa shape index (κ1) is 12.4. The molecule has 2 rings (SSSR count). The first-order valence-corrected chi connectivity index (χ1v) is 3.75. The zero-order chi connectivity index (χ0) is 7.52. The summed E-state index contributed by atoms with van der Waals surface area (Å²) in [7, 11) is 0. The summed E-state index contributed by atoms with van der Waals surface area (Å²) < 4.78 is 0. The predicted octanol–water partition coefficient (Wildman–Crippen LogP) is 1.91. The molecule has 2 heterocycles. The highest BCUT2D eigenvalue weighted by atomic mass is 35.5. The van der Waals surface area contributed by atoms with Crippen molar-refractivity contribution in [1.29, 1.82) is 0 Å². The zero-order valence-electron chi connectivity index (χ0n) is 7.06. The van der Waals surface area contributed by atoms with E-state index in [0.29, 0.717) is 0 Å². The number of hydrogen-bond donors (Lipinski definition) is 1. The minimum Gasteiger partial charge on any atom is -0.309 e. The highest BCUT2D eigenvalue weighted by Crippen LogP contribution is 2.07. The fourth-order valence-electron chi connectivity index (χ4n) is 1.07. The Balaban J connectivity index is 0.000000720. The highest BCUT2D eigenvalue weighted by Gasteiger charge is 2.05. The van der Waals surface area contributed by atoms with Gasteiger partial charge < -0.3 is 5.32 Å². The Bertz CT molecular complexity index is 266. The Morgan fingerprint density at radius 1 is 1.31 bits per heavy atom. The normalized spacial score (nSPS) is 13.4. The summed E-state index contributed by atoms with van der Waals surface area (Å²) in [5.41, 5.74) is 2.65. The molecule has 0 amide bonds. The first-order chi connectivity index (χ1) is 5.45. The molecule has 1 aromatic rings. The molecule has 1 aliphatic heterocycles. The van der Waals surface area contributed by atoms with Gasteiger partial charge in [-0.25, -0.2) is 0 Å². The Morgan fingerprint density at radius 3 is 2.54 bits per heavy atom. The van der Waals surface area contributed by atoms with Crippen LogP contribution in [0.4, 0.5) is 0 Å². The largest absolute Gasteiger partial charge is 0.309 e. The molecule has 4 heteroatoms. The van der Waals surface area contributed by atoms with Crippen molar-refractivity contribution in [3.63, 3.8) is 0 Å². The average Bonchev–Trinajstić information content (AvgIpc) is 1.99. The van der Waals surface area contributed by atoms with Gasteiger partial charge in [0.1, 0.15) is 0 Å². The molecule has 0 atom stereocenters. The molecular formula is C9H12Cl2N2. The average molecular weight is 219 g/mol. The van der Waals surface area contributed by atoms with Crippen LogP contribution in [-0.4, -0.2) is 18.1 Å². The third kappa shape index (κ3) is 3.35. The number of aromatic nitrogens is 1. The third-order valence-corrected chi connectivity index (χ3v) is 1.76. The van der Waals surface area contributed by atoms with Gasteiger partial charge in [0.2, 0.25) is 0 Å². The van der Waals surface area contributed by atoms with Crippen molar-refractivity contribution in [2.75, 3.05) is 13.1 Å². The summed E-state index contributed by atoms with van der Waals surface area (Å²) in [4.78, 5) is 4.03. The molecule has 0 saturated carbocycles. The van der Waals surface area contributed by atoms with Gasteiger partial charge in [-0.1, -0.05) is 12.1 Å². The first-order valence-electron chi connectivity index (χ1n) is 3.75. The van der Waals surface area contributed by atoms with Crippen molar-refractivity contribution >= 4 is 30.9 Å². The molecule has 0 aliphatic carbocycles. The van der Waals surface area contributed by atoms with Crippen molar-refractivity contribution in [2.24, 2.45) is 0 Å². The number of nitrogens with zero attached hydrogens (tertiary/aromatic N) is 1. The fraction of sp³-hybridized carbons (Fsp3) is 0.222. The Labute approximate surface area is 90.3 Å². The quantitative estimate of drug-likeness (QED) is 0.780. The minimum atomic E-state index is 0. The van der Waals surface area contributed by atoms with Gasteiger partial charge in [0.05, 0.1) is 0 Å². The monoisotopic (exact) mass is 218 g/mol. The van der Waals surface area contributed by atoms with E-state index in [2.05, 4.69) is 22.4 Å². The van der Waals surface area contributed by atoms with Crippen molar-refractivity contribution in [3.05, 3.63) is 35.7 Å². The van der Waals surface area contributed by atoms with Gasteiger partial charge in [0, 0.05) is 25.5 Å². The van der Waals surface area contributed by atoms with Crippen LogP contribution in [0.25, 0.3) is 6.08 Å². The molecule has 1 aliphatic rings. The molecule has 1 saturated heterocycles. The molecule has 0 radical (unpaired) electrons. The fourth-order valence-corrected chi connectivity index (χ4v) is 1.07. The number of nitrogens with one attached hydrogen (secondary N) is 1. The van der Waals surface area contributed by atoms with Gasteiger partial charge in [0.15, 0.2) is 0 Å². The molecule has 13 heavy (non-hydrogen) atoms. The lowest BCUT2D eigenvalue weighted by atomic mass is 10.1. The minimum absolute atomic E-state index is 0. The maximum absolute atomic E-state index is 4.03. The van der Waals surface area contributed by atoms with Crippen LogP contribution in [0.2, 0.25) is 0 Å². The van der Waals surface area contributed by atoms with E-state index < -0.39 is 0 Å². The lowest BCUT2D eigenvalue weighted by molar-refractivity contribution is 0.675. The van der Waals surface area contributed by atoms with E-state index in [-0.39, 0.29) is 24.8 Å². The Morgan fingerprint density at radius 2 is 2.08 bits per heavy atom. The predicted molar refractivity (Wildman–Crippen MR) is 59.6 cm³/mol. The van der Waals surface area contributed by atoms with Crippen LogP contribution >= 0.6 is 24.8 Å². The van der Waals surface area contributed by atoms with Gasteiger partial charge >= 0.3 is 0 Å². The topological polar surface area (TPSA) is 24.9 Å². The molecule has 0 bridgehead atoms. The molecule has 1 N–H and O–H groups in total. The summed E-state index contributed by atoms with van der Waals surface area (Å²) in [6.07, 6.45) is 5.86. The van der Waals surface area contributed by atoms with Crippen LogP contribution in [0.5, 0.6) is 0 Å². The van der Waals surface area contributed by atoms with Crippen molar-refractivity contribution < 1.29 is 0 Å². The van der Waals surface area contributed by atoms with Gasteiger partial charge in [0.25, 0.3) is 0 Å². The molecule has 72 valence electrons. The Hall–Kier alpha value is -0.570. The zero-order valence-corrected chi connectivity index (χ0v) is 8.70. The molecule has 1 aromatic heterocycles. The summed E-state index contributed by atoms with van der Waals surface area (Å²) in [5.74, 6) is 0. The lowest BCUT2D eigenvalue weighted by Gasteiger charge is -2.18. The highest BCUT2D eigenvalue weighted by molar-refractivity contribution is 5.85. The van der Waals surface area contributed by atoms with E-state index in [1.807, 2.05) is 12.3 Å². The summed E-state index contributed by atoms with van der Waals surface area (Å²) in [6.45, 7) is 2.07. The summed E-state index contributed by atoms with van der Waals surface area (Å²) in [6, 6.07) is 4.02. The van der Waals surface area contributed by atoms with Crippen LogP contribution in [0.1, 0.15) is 5.56 Å². The second kappa shape index (κ2) is 5.97. The van der Waals surface area contributed by atoms with E-state index in [9.17, 15) is 0 Å². The van der Waals surface area contributed by atoms with Gasteiger partial charge in [-0.15, -0.1) is 24.8 Å². The van der Waals surface area contributed by atoms with Crippen molar-refractivity contribution in [1.82, 2.24) is 10.3 Å². The van der Waals surface area contributed by atoms with Crippen molar-refractivity contribution in [3.8, 4) is 0 Å². The molecule has 0 unspecified atom stereocenters. The van der Waals surface area contributed by atoms with Crippen molar-refractivity contribution in [2.45, 2.75) is 0 Å². The van der Waals surface area contributed by atoms with Gasteiger partial charge in [-0.05, 0) is 17.2 Å². The van der Waals surface area contributed by atoms with Crippen LogP contribution in [0.3, 0.4) is 0 Å². The van der Waals surface area contributed by atoms with E-state index in [1.54, 1.807) is 6.20 Å². The second-order valence-corrected chi connectivity index (χ2v) is 2.69. The van der Waals surface area contributed by atoms with Crippen LogP contribution in [-0.2, 0) is 0 Å². The smallest absolute Gasteiger partial charge is 0.0340 e. The van der Waals surface area contributed by atoms with Gasteiger partial charge in [-0.2, -0.15) is 0 Å². The van der Waals surface area contributed by atoms with E-state index in [1.165, 1.54) is 11.1 Å². The molecule has 2 nitrogen and oxygen atoms in total. The lowest BCUT2D eigenvalue weighted by Crippen LogP contribution is -2.33. The molecule has 1 fully saturated rings. The summed E-state index contributed by atoms with van der Waals surface area (Å²) >= 11 is 0. The number of pyridine rings is 1. The summed E-state index contributed by atoms with van der Waals surface area (Å²) in [5, 5.41) is 3.19. The van der Waals surface area contributed by atoms with E-state index in [0.717, 1.165) is 13.1 Å². The van der Waals surface area contributed by atoms with E-state index >= 15 is 0 Å². The van der Waals surface area contributed by atoms with E-state index in [4.69, 9.17) is 0 Å². The van der Waals surface area contributed by atoms with Crippen LogP contribution in [0.15, 0.2) is 30.1 Å². The van der Waals surface area contributed by atoms with Gasteiger partial charge in [-0.3, -0.25) is 4.98 Å². The molecule has 0 aromatic carbocycles. The second-order valence-electron chi connectivity index (χ2n) is 2.69. The third-order valence-electron chi connectivity index (χ3n) is 1.76. The molecular weight excluding hydrogens is 207 g/mol. The van der Waals surface area contributed by atoms with Crippen LogP contribution < -0.4 is 5.32 Å². The maximum atomic E-state index is 4.03. The molecule has 0 spiro atoms. The number of halogens is 2. The SMILES string of the molecule is C(=C1CNC1)c1cccnc1.Cl.Cl. The Kier molecular flexibility index (Phi) is 5.71. The maximum Gasteiger partial charge on any atom is 0.0340 e.